The van der Waals surface area contributed by atoms with E-state index in [-0.39, 0.29) is 18.2 Å². The Morgan fingerprint density at radius 2 is 1.89 bits per heavy atom. The molecule has 2 heterocycles. The SMILES string of the molecule is Cc1ccnn1C1CC(=O)N(c2ccccc2)C1=O. The monoisotopic (exact) mass is 255 g/mol. The van der Waals surface area contributed by atoms with E-state index in [1.807, 2.05) is 31.2 Å². The van der Waals surface area contributed by atoms with Gasteiger partial charge in [0.2, 0.25) is 5.91 Å². The van der Waals surface area contributed by atoms with Crippen LogP contribution in [0.1, 0.15) is 18.2 Å². The summed E-state index contributed by atoms with van der Waals surface area (Å²) in [6.07, 6.45) is 1.80. The Bertz CT molecular complexity index is 633. The van der Waals surface area contributed by atoms with Crippen LogP contribution in [0, 0.1) is 6.92 Å². The summed E-state index contributed by atoms with van der Waals surface area (Å²) in [7, 11) is 0. The Morgan fingerprint density at radius 1 is 1.16 bits per heavy atom. The van der Waals surface area contributed by atoms with Crippen LogP contribution in [0.3, 0.4) is 0 Å². The van der Waals surface area contributed by atoms with Crippen molar-refractivity contribution in [3.63, 3.8) is 0 Å². The Hall–Kier alpha value is -2.43. The summed E-state index contributed by atoms with van der Waals surface area (Å²) < 4.78 is 1.61. The molecule has 0 radical (unpaired) electrons. The lowest BCUT2D eigenvalue weighted by Crippen LogP contribution is -2.31. The molecule has 0 aliphatic carbocycles. The zero-order valence-corrected chi connectivity index (χ0v) is 10.5. The number of carbonyl (C=O) groups excluding carboxylic acids is 2. The molecule has 1 unspecified atom stereocenters. The number of carbonyl (C=O) groups is 2. The van der Waals surface area contributed by atoms with Crippen LogP contribution in [0.4, 0.5) is 5.69 Å². The Morgan fingerprint density at radius 3 is 2.53 bits per heavy atom. The van der Waals surface area contributed by atoms with Crippen LogP contribution in [-0.4, -0.2) is 21.6 Å². The van der Waals surface area contributed by atoms with Gasteiger partial charge in [0, 0.05) is 11.9 Å². The van der Waals surface area contributed by atoms with Crippen molar-refractivity contribution in [3.8, 4) is 0 Å². The molecule has 2 aromatic rings. The van der Waals surface area contributed by atoms with Gasteiger partial charge < -0.3 is 0 Å². The van der Waals surface area contributed by atoms with Crippen molar-refractivity contribution in [2.24, 2.45) is 0 Å². The molecule has 1 aliphatic heterocycles. The van der Waals surface area contributed by atoms with Gasteiger partial charge in [0.05, 0.1) is 12.1 Å². The second-order valence-corrected chi connectivity index (χ2v) is 4.54. The summed E-state index contributed by atoms with van der Waals surface area (Å²) >= 11 is 0. The summed E-state index contributed by atoms with van der Waals surface area (Å²) in [5.74, 6) is -0.404. The number of anilines is 1. The van der Waals surface area contributed by atoms with Gasteiger partial charge >= 0.3 is 0 Å². The van der Waals surface area contributed by atoms with Crippen LogP contribution in [0.5, 0.6) is 0 Å². The highest BCUT2D eigenvalue weighted by molar-refractivity contribution is 6.21. The number of amides is 2. The van der Waals surface area contributed by atoms with Crippen molar-refractivity contribution in [1.82, 2.24) is 9.78 Å². The number of aryl methyl sites for hydroxylation is 1. The average molecular weight is 255 g/mol. The van der Waals surface area contributed by atoms with E-state index in [9.17, 15) is 9.59 Å². The molecule has 0 N–H and O–H groups in total. The van der Waals surface area contributed by atoms with Crippen molar-refractivity contribution in [1.29, 1.82) is 0 Å². The largest absolute Gasteiger partial charge is 0.274 e. The molecule has 5 nitrogen and oxygen atoms in total. The summed E-state index contributed by atoms with van der Waals surface area (Å²) in [6.45, 7) is 1.87. The Labute approximate surface area is 110 Å². The number of aromatic nitrogens is 2. The molecule has 0 saturated carbocycles. The third-order valence-corrected chi connectivity index (χ3v) is 3.30. The molecule has 2 amide bonds. The third kappa shape index (κ3) is 1.83. The van der Waals surface area contributed by atoms with Gasteiger partial charge in [0.1, 0.15) is 6.04 Å². The van der Waals surface area contributed by atoms with Gasteiger partial charge in [-0.15, -0.1) is 0 Å². The minimum atomic E-state index is -0.525. The molecule has 0 bridgehead atoms. The lowest BCUT2D eigenvalue weighted by atomic mass is 10.2. The van der Waals surface area contributed by atoms with Crippen molar-refractivity contribution in [2.45, 2.75) is 19.4 Å². The fourth-order valence-corrected chi connectivity index (χ4v) is 2.36. The van der Waals surface area contributed by atoms with E-state index >= 15 is 0 Å². The van der Waals surface area contributed by atoms with Crippen LogP contribution < -0.4 is 4.90 Å². The molecular weight excluding hydrogens is 242 g/mol. The standard InChI is InChI=1S/C14H13N3O2/c1-10-7-8-15-17(10)12-9-13(18)16(14(12)19)11-5-3-2-4-6-11/h2-8,12H,9H2,1H3. The van der Waals surface area contributed by atoms with Crippen LogP contribution in [0.2, 0.25) is 0 Å². The smallest absolute Gasteiger partial charge is 0.259 e. The minimum absolute atomic E-state index is 0.163. The fraction of sp³-hybridized carbons (Fsp3) is 0.214. The molecule has 5 heteroatoms. The molecule has 96 valence electrons. The van der Waals surface area contributed by atoms with Gasteiger partial charge in [-0.1, -0.05) is 18.2 Å². The summed E-state index contributed by atoms with van der Waals surface area (Å²) in [5.41, 5.74) is 1.49. The summed E-state index contributed by atoms with van der Waals surface area (Å²) in [6, 6.07) is 10.3. The number of benzene rings is 1. The maximum absolute atomic E-state index is 12.4. The summed E-state index contributed by atoms with van der Waals surface area (Å²) in [5, 5.41) is 4.13. The maximum Gasteiger partial charge on any atom is 0.259 e. The van der Waals surface area contributed by atoms with E-state index in [0.29, 0.717) is 5.69 Å². The van der Waals surface area contributed by atoms with Crippen molar-refractivity contribution < 1.29 is 9.59 Å². The van der Waals surface area contributed by atoms with Gasteiger partial charge in [-0.3, -0.25) is 14.3 Å². The van der Waals surface area contributed by atoms with Crippen molar-refractivity contribution in [2.75, 3.05) is 4.90 Å². The zero-order chi connectivity index (χ0) is 13.4. The lowest BCUT2D eigenvalue weighted by molar-refractivity contribution is -0.122. The molecule has 0 spiro atoms. The van der Waals surface area contributed by atoms with E-state index in [1.165, 1.54) is 4.90 Å². The van der Waals surface area contributed by atoms with Crippen molar-refractivity contribution in [3.05, 3.63) is 48.3 Å². The number of hydrogen-bond donors (Lipinski definition) is 0. The van der Waals surface area contributed by atoms with Crippen LogP contribution in [-0.2, 0) is 9.59 Å². The molecule has 1 fully saturated rings. The van der Waals surface area contributed by atoms with Gasteiger partial charge in [-0.05, 0) is 25.1 Å². The van der Waals surface area contributed by atoms with E-state index in [4.69, 9.17) is 0 Å². The molecule has 1 aromatic carbocycles. The number of rotatable bonds is 2. The highest BCUT2D eigenvalue weighted by Crippen LogP contribution is 2.29. The fourth-order valence-electron chi connectivity index (χ4n) is 2.36. The second-order valence-electron chi connectivity index (χ2n) is 4.54. The molecule has 1 aliphatic rings. The first-order chi connectivity index (χ1) is 9.18. The normalized spacial score (nSPS) is 19.2. The molecule has 3 rings (SSSR count). The van der Waals surface area contributed by atoms with Gasteiger partial charge in [0.25, 0.3) is 5.91 Å². The predicted molar refractivity (Wildman–Crippen MR) is 69.6 cm³/mol. The third-order valence-electron chi connectivity index (χ3n) is 3.30. The molecule has 1 atom stereocenters. The highest BCUT2D eigenvalue weighted by Gasteiger charge is 2.41. The van der Waals surface area contributed by atoms with E-state index in [1.54, 1.807) is 23.0 Å². The summed E-state index contributed by atoms with van der Waals surface area (Å²) in [4.78, 5) is 25.7. The quantitative estimate of drug-likeness (QED) is 0.767. The topological polar surface area (TPSA) is 55.2 Å². The van der Waals surface area contributed by atoms with Crippen LogP contribution >= 0.6 is 0 Å². The lowest BCUT2D eigenvalue weighted by Gasteiger charge is -2.15. The van der Waals surface area contributed by atoms with Crippen LogP contribution in [0.15, 0.2) is 42.6 Å². The number of imide groups is 1. The molecule has 1 saturated heterocycles. The zero-order valence-electron chi connectivity index (χ0n) is 10.5. The Kier molecular flexibility index (Phi) is 2.67. The molecule has 1 aromatic heterocycles. The first-order valence-corrected chi connectivity index (χ1v) is 6.10. The Balaban J connectivity index is 1.96. The van der Waals surface area contributed by atoms with Gasteiger partial charge in [0.15, 0.2) is 0 Å². The van der Waals surface area contributed by atoms with Crippen molar-refractivity contribution >= 4 is 17.5 Å². The first kappa shape index (κ1) is 11.6. The molecule has 19 heavy (non-hydrogen) atoms. The van der Waals surface area contributed by atoms with E-state index in [2.05, 4.69) is 5.10 Å². The van der Waals surface area contributed by atoms with Crippen LogP contribution in [0.25, 0.3) is 0 Å². The second kappa shape index (κ2) is 4.35. The number of hydrogen-bond acceptors (Lipinski definition) is 3. The number of para-hydroxylation sites is 1. The number of nitrogens with zero attached hydrogens (tertiary/aromatic N) is 3. The van der Waals surface area contributed by atoms with Gasteiger partial charge in [-0.2, -0.15) is 5.10 Å². The van der Waals surface area contributed by atoms with Gasteiger partial charge in [-0.25, -0.2) is 4.90 Å². The first-order valence-electron chi connectivity index (χ1n) is 6.10. The average Bonchev–Trinajstić information content (AvgIpc) is 2.94. The predicted octanol–water partition coefficient (Wildman–Crippen LogP) is 1.70. The highest BCUT2D eigenvalue weighted by atomic mass is 16.2. The molecular formula is C14H13N3O2. The minimum Gasteiger partial charge on any atom is -0.274 e. The maximum atomic E-state index is 12.4. The van der Waals surface area contributed by atoms with E-state index < -0.39 is 6.04 Å². The van der Waals surface area contributed by atoms with E-state index in [0.717, 1.165) is 5.69 Å².